The minimum absolute atomic E-state index is 0.230. The zero-order valence-corrected chi connectivity index (χ0v) is 8.40. The molecule has 0 aliphatic rings. The van der Waals surface area contributed by atoms with Crippen LogP contribution in [0.1, 0.15) is 10.4 Å². The van der Waals surface area contributed by atoms with Gasteiger partial charge in [0.15, 0.2) is 0 Å². The smallest absolute Gasteiger partial charge is 0.0471 e. The first-order valence-electron chi connectivity index (χ1n) is 4.40. The Morgan fingerprint density at radius 3 is 3.00 bits per heavy atom. The van der Waals surface area contributed by atoms with E-state index in [1.807, 2.05) is 11.3 Å². The number of aliphatic hydroxyl groups is 1. The number of aryl methyl sites for hydroxylation is 1. The van der Waals surface area contributed by atoms with E-state index in [1.165, 1.54) is 20.5 Å². The fourth-order valence-electron chi connectivity index (χ4n) is 1.59. The van der Waals surface area contributed by atoms with Gasteiger partial charge in [-0.05, 0) is 36.4 Å². The largest absolute Gasteiger partial charge is 0.396 e. The summed E-state index contributed by atoms with van der Waals surface area (Å²) in [4.78, 5) is 1.33. The fourth-order valence-corrected chi connectivity index (χ4v) is 2.56. The fraction of sp³-hybridized carbons (Fsp3) is 0.273. The third-order valence-corrected chi connectivity index (χ3v) is 3.17. The summed E-state index contributed by atoms with van der Waals surface area (Å²) in [7, 11) is 0. The summed E-state index contributed by atoms with van der Waals surface area (Å²) < 4.78 is 1.32. The van der Waals surface area contributed by atoms with Crippen molar-refractivity contribution >= 4 is 21.4 Å². The van der Waals surface area contributed by atoms with Crippen molar-refractivity contribution in [2.24, 2.45) is 0 Å². The van der Waals surface area contributed by atoms with Gasteiger partial charge in [0.05, 0.1) is 0 Å². The van der Waals surface area contributed by atoms with E-state index in [9.17, 15) is 0 Å². The van der Waals surface area contributed by atoms with Crippen molar-refractivity contribution in [3.63, 3.8) is 0 Å². The monoisotopic (exact) mass is 192 g/mol. The number of benzene rings is 1. The molecule has 0 saturated heterocycles. The first-order chi connectivity index (χ1) is 6.31. The van der Waals surface area contributed by atoms with Gasteiger partial charge in [0.2, 0.25) is 0 Å². The van der Waals surface area contributed by atoms with Gasteiger partial charge >= 0.3 is 0 Å². The van der Waals surface area contributed by atoms with Gasteiger partial charge < -0.3 is 5.11 Å². The molecule has 0 spiro atoms. The van der Waals surface area contributed by atoms with Gasteiger partial charge in [-0.15, -0.1) is 11.3 Å². The summed E-state index contributed by atoms with van der Waals surface area (Å²) in [5, 5.41) is 10.2. The van der Waals surface area contributed by atoms with E-state index in [4.69, 9.17) is 5.11 Å². The summed E-state index contributed by atoms with van der Waals surface area (Å²) in [5.41, 5.74) is 1.25. The molecule has 1 aromatic heterocycles. The lowest BCUT2D eigenvalue weighted by molar-refractivity contribution is 0.300. The number of rotatable bonds is 2. The molecule has 0 saturated carbocycles. The van der Waals surface area contributed by atoms with Crippen molar-refractivity contribution in [1.29, 1.82) is 0 Å². The predicted octanol–water partition coefficient (Wildman–Crippen LogP) is 2.74. The molecule has 1 N–H and O–H groups in total. The molecule has 2 aromatic rings. The quantitative estimate of drug-likeness (QED) is 0.775. The molecule has 1 heterocycles. The summed E-state index contributed by atoms with van der Waals surface area (Å²) >= 11 is 1.81. The van der Waals surface area contributed by atoms with Crippen LogP contribution in [-0.4, -0.2) is 11.7 Å². The van der Waals surface area contributed by atoms with E-state index < -0.39 is 0 Å². The second kappa shape index (κ2) is 3.48. The van der Waals surface area contributed by atoms with Crippen molar-refractivity contribution in [2.45, 2.75) is 13.3 Å². The number of thiophene rings is 1. The van der Waals surface area contributed by atoms with Crippen LogP contribution in [0.3, 0.4) is 0 Å². The van der Waals surface area contributed by atoms with Crippen LogP contribution in [0.15, 0.2) is 24.3 Å². The molecule has 0 fully saturated rings. The number of hydrogen-bond acceptors (Lipinski definition) is 2. The van der Waals surface area contributed by atoms with Crippen LogP contribution in [0, 0.1) is 6.92 Å². The summed E-state index contributed by atoms with van der Waals surface area (Å²) in [6, 6.07) is 8.48. The Bertz CT molecular complexity index is 417. The van der Waals surface area contributed by atoms with E-state index >= 15 is 0 Å². The Kier molecular flexibility index (Phi) is 2.34. The number of fused-ring (bicyclic) bond motifs is 1. The Balaban J connectivity index is 2.60. The third-order valence-electron chi connectivity index (χ3n) is 2.16. The predicted molar refractivity (Wildman–Crippen MR) is 57.4 cm³/mol. The molecule has 0 atom stereocenters. The molecule has 0 radical (unpaired) electrons. The lowest BCUT2D eigenvalue weighted by Gasteiger charge is -1.99. The summed E-state index contributed by atoms with van der Waals surface area (Å²) in [6.07, 6.45) is 0.757. The maximum atomic E-state index is 8.89. The molecule has 0 amide bonds. The van der Waals surface area contributed by atoms with Crippen LogP contribution in [0.5, 0.6) is 0 Å². The van der Waals surface area contributed by atoms with E-state index in [0.717, 1.165) is 6.42 Å². The summed E-state index contributed by atoms with van der Waals surface area (Å²) in [6.45, 7) is 2.35. The van der Waals surface area contributed by atoms with Crippen molar-refractivity contribution in [3.05, 3.63) is 34.7 Å². The van der Waals surface area contributed by atoms with Crippen LogP contribution in [0.2, 0.25) is 0 Å². The molecular formula is C11H12OS. The second-order valence-electron chi connectivity index (χ2n) is 3.16. The zero-order chi connectivity index (χ0) is 9.26. The van der Waals surface area contributed by atoms with Crippen molar-refractivity contribution < 1.29 is 5.11 Å². The second-order valence-corrected chi connectivity index (χ2v) is 4.45. The SMILES string of the molecule is Cc1cc2c(CCO)cccc2s1. The van der Waals surface area contributed by atoms with Gasteiger partial charge in [0.1, 0.15) is 0 Å². The van der Waals surface area contributed by atoms with Crippen LogP contribution in [-0.2, 0) is 6.42 Å². The highest BCUT2D eigenvalue weighted by Crippen LogP contribution is 2.27. The topological polar surface area (TPSA) is 20.2 Å². The highest BCUT2D eigenvalue weighted by molar-refractivity contribution is 7.19. The minimum Gasteiger partial charge on any atom is -0.396 e. The van der Waals surface area contributed by atoms with Crippen LogP contribution < -0.4 is 0 Å². The summed E-state index contributed by atoms with van der Waals surface area (Å²) in [5.74, 6) is 0. The van der Waals surface area contributed by atoms with Gasteiger partial charge in [-0.1, -0.05) is 12.1 Å². The van der Waals surface area contributed by atoms with Gasteiger partial charge in [0, 0.05) is 16.2 Å². The molecule has 2 heteroatoms. The average molecular weight is 192 g/mol. The normalized spacial score (nSPS) is 10.9. The van der Waals surface area contributed by atoms with Crippen LogP contribution in [0.25, 0.3) is 10.1 Å². The Hall–Kier alpha value is -0.860. The molecule has 0 bridgehead atoms. The number of hydrogen-bond donors (Lipinski definition) is 1. The molecule has 1 nitrogen and oxygen atoms in total. The van der Waals surface area contributed by atoms with Crippen LogP contribution in [0.4, 0.5) is 0 Å². The highest BCUT2D eigenvalue weighted by atomic mass is 32.1. The Morgan fingerprint density at radius 1 is 1.38 bits per heavy atom. The molecule has 68 valence electrons. The van der Waals surface area contributed by atoms with Crippen molar-refractivity contribution in [2.75, 3.05) is 6.61 Å². The first kappa shape index (κ1) is 8.73. The lowest BCUT2D eigenvalue weighted by atomic mass is 10.1. The molecule has 0 aliphatic carbocycles. The van der Waals surface area contributed by atoms with Gasteiger partial charge in [0.25, 0.3) is 0 Å². The van der Waals surface area contributed by atoms with E-state index in [0.29, 0.717) is 0 Å². The van der Waals surface area contributed by atoms with Gasteiger partial charge in [-0.2, -0.15) is 0 Å². The average Bonchev–Trinajstić information content (AvgIpc) is 2.47. The van der Waals surface area contributed by atoms with Gasteiger partial charge in [-0.25, -0.2) is 0 Å². The Labute approximate surface area is 81.6 Å². The van der Waals surface area contributed by atoms with Crippen LogP contribution >= 0.6 is 11.3 Å². The molecule has 0 aliphatic heterocycles. The maximum Gasteiger partial charge on any atom is 0.0471 e. The third kappa shape index (κ3) is 1.60. The standard InChI is InChI=1S/C11H12OS/c1-8-7-10-9(5-6-12)3-2-4-11(10)13-8/h2-4,7,12H,5-6H2,1H3. The maximum absolute atomic E-state index is 8.89. The number of aliphatic hydroxyl groups excluding tert-OH is 1. The first-order valence-corrected chi connectivity index (χ1v) is 5.22. The van der Waals surface area contributed by atoms with E-state index in [1.54, 1.807) is 0 Å². The van der Waals surface area contributed by atoms with Crippen molar-refractivity contribution in [3.8, 4) is 0 Å². The molecular weight excluding hydrogens is 180 g/mol. The zero-order valence-electron chi connectivity index (χ0n) is 7.58. The van der Waals surface area contributed by atoms with E-state index in [2.05, 4.69) is 31.2 Å². The lowest BCUT2D eigenvalue weighted by Crippen LogP contribution is -1.89. The molecule has 1 aromatic carbocycles. The van der Waals surface area contributed by atoms with Crippen molar-refractivity contribution in [1.82, 2.24) is 0 Å². The van der Waals surface area contributed by atoms with Gasteiger partial charge in [-0.3, -0.25) is 0 Å². The Morgan fingerprint density at radius 2 is 2.23 bits per heavy atom. The molecule has 13 heavy (non-hydrogen) atoms. The molecule has 2 rings (SSSR count). The van der Waals surface area contributed by atoms with E-state index in [-0.39, 0.29) is 6.61 Å². The minimum atomic E-state index is 0.230. The molecule has 0 unspecified atom stereocenters. The highest BCUT2D eigenvalue weighted by Gasteiger charge is 2.02.